The minimum Gasteiger partial charge on any atom is -0.494 e. The maximum Gasteiger partial charge on any atom is 0.273 e. The largest absolute Gasteiger partial charge is 0.494 e. The Morgan fingerprint density at radius 3 is 2.50 bits per heavy atom. The predicted molar refractivity (Wildman–Crippen MR) is 74.0 cm³/mol. The third-order valence-corrected chi connectivity index (χ3v) is 2.68. The summed E-state index contributed by atoms with van der Waals surface area (Å²) < 4.78 is 5.05. The van der Waals surface area contributed by atoms with E-state index in [9.17, 15) is 14.9 Å². The van der Waals surface area contributed by atoms with Gasteiger partial charge in [-0.05, 0) is 18.2 Å². The first kappa shape index (κ1) is 13.5. The molecule has 0 aliphatic carbocycles. The van der Waals surface area contributed by atoms with Crippen LogP contribution in [0.4, 0.5) is 11.4 Å². The molecule has 2 aromatic rings. The standard InChI is InChI=1S/C14H12N2O4/c1-20-13-9-11(16(18)19)7-8-12(13)15-14(17)10-5-3-2-4-6-10/h2-9H,1H3,(H,15,17). The highest BCUT2D eigenvalue weighted by atomic mass is 16.6. The van der Waals surface area contributed by atoms with Gasteiger partial charge >= 0.3 is 0 Å². The molecular weight excluding hydrogens is 260 g/mol. The lowest BCUT2D eigenvalue weighted by molar-refractivity contribution is -0.384. The predicted octanol–water partition coefficient (Wildman–Crippen LogP) is 2.86. The van der Waals surface area contributed by atoms with E-state index in [1.807, 2.05) is 6.07 Å². The van der Waals surface area contributed by atoms with Gasteiger partial charge in [0.05, 0.1) is 23.8 Å². The van der Waals surface area contributed by atoms with Crippen LogP contribution in [0, 0.1) is 10.1 Å². The number of hydrogen-bond acceptors (Lipinski definition) is 4. The Hall–Kier alpha value is -2.89. The van der Waals surface area contributed by atoms with Gasteiger partial charge in [0.2, 0.25) is 0 Å². The van der Waals surface area contributed by atoms with E-state index in [-0.39, 0.29) is 17.3 Å². The third-order valence-electron chi connectivity index (χ3n) is 2.68. The van der Waals surface area contributed by atoms with Crippen molar-refractivity contribution in [3.05, 3.63) is 64.2 Å². The SMILES string of the molecule is COc1cc([N+](=O)[O-])ccc1NC(=O)c1ccccc1. The van der Waals surface area contributed by atoms with E-state index >= 15 is 0 Å². The average Bonchev–Trinajstić information content (AvgIpc) is 2.48. The summed E-state index contributed by atoms with van der Waals surface area (Å²) in [7, 11) is 1.39. The van der Waals surface area contributed by atoms with Crippen LogP contribution in [0.2, 0.25) is 0 Å². The fourth-order valence-corrected chi connectivity index (χ4v) is 1.68. The van der Waals surface area contributed by atoms with Crippen LogP contribution in [0.1, 0.15) is 10.4 Å². The Morgan fingerprint density at radius 1 is 1.20 bits per heavy atom. The van der Waals surface area contributed by atoms with Crippen molar-refractivity contribution >= 4 is 17.3 Å². The molecule has 0 bridgehead atoms. The van der Waals surface area contributed by atoms with Crippen LogP contribution in [0.15, 0.2) is 48.5 Å². The molecule has 0 fully saturated rings. The molecule has 0 aliphatic heterocycles. The van der Waals surface area contributed by atoms with Gasteiger partial charge in [-0.15, -0.1) is 0 Å². The zero-order valence-corrected chi connectivity index (χ0v) is 10.7. The molecule has 0 heterocycles. The van der Waals surface area contributed by atoms with E-state index in [0.29, 0.717) is 11.3 Å². The minimum atomic E-state index is -0.523. The molecule has 0 saturated heterocycles. The summed E-state index contributed by atoms with van der Waals surface area (Å²) in [5.74, 6) is -0.0683. The average molecular weight is 272 g/mol. The van der Waals surface area contributed by atoms with E-state index in [4.69, 9.17) is 4.74 Å². The molecule has 0 unspecified atom stereocenters. The zero-order valence-electron chi connectivity index (χ0n) is 10.7. The number of ether oxygens (including phenoxy) is 1. The van der Waals surface area contributed by atoms with Gasteiger partial charge in [-0.25, -0.2) is 0 Å². The quantitative estimate of drug-likeness (QED) is 0.685. The van der Waals surface area contributed by atoms with Crippen LogP contribution in [0.3, 0.4) is 0 Å². The van der Waals surface area contributed by atoms with Crippen LogP contribution in [-0.2, 0) is 0 Å². The highest BCUT2D eigenvalue weighted by molar-refractivity contribution is 6.05. The van der Waals surface area contributed by atoms with E-state index in [2.05, 4.69) is 5.32 Å². The molecule has 1 amide bonds. The number of benzene rings is 2. The number of hydrogen-bond donors (Lipinski definition) is 1. The number of anilines is 1. The summed E-state index contributed by atoms with van der Waals surface area (Å²) in [6.45, 7) is 0. The number of nitrogens with zero attached hydrogens (tertiary/aromatic N) is 1. The second-order valence-electron chi connectivity index (χ2n) is 3.96. The van der Waals surface area contributed by atoms with Crippen molar-refractivity contribution in [3.63, 3.8) is 0 Å². The van der Waals surface area contributed by atoms with Gasteiger partial charge < -0.3 is 10.1 Å². The minimum absolute atomic E-state index is 0.0976. The molecule has 2 rings (SSSR count). The van der Waals surface area contributed by atoms with Crippen LogP contribution in [0.25, 0.3) is 0 Å². The monoisotopic (exact) mass is 272 g/mol. The number of amides is 1. The summed E-state index contributed by atoms with van der Waals surface area (Å²) in [6, 6.07) is 12.7. The molecule has 0 spiro atoms. The second-order valence-corrected chi connectivity index (χ2v) is 3.96. The molecular formula is C14H12N2O4. The van der Waals surface area contributed by atoms with Crippen molar-refractivity contribution in [3.8, 4) is 5.75 Å². The fourth-order valence-electron chi connectivity index (χ4n) is 1.68. The molecule has 102 valence electrons. The van der Waals surface area contributed by atoms with E-state index in [1.165, 1.54) is 25.3 Å². The molecule has 0 atom stereocenters. The van der Waals surface area contributed by atoms with E-state index in [1.54, 1.807) is 24.3 Å². The topological polar surface area (TPSA) is 81.5 Å². The molecule has 0 aliphatic rings. The Balaban J connectivity index is 2.25. The molecule has 6 nitrogen and oxygen atoms in total. The molecule has 1 N–H and O–H groups in total. The summed E-state index contributed by atoms with van der Waals surface area (Å²) in [5, 5.41) is 13.3. The number of carbonyl (C=O) groups excluding carboxylic acids is 1. The number of carbonyl (C=O) groups is 1. The Kier molecular flexibility index (Phi) is 3.95. The number of non-ortho nitro benzene ring substituents is 1. The summed E-state index contributed by atoms with van der Waals surface area (Å²) in [4.78, 5) is 22.2. The van der Waals surface area contributed by atoms with E-state index in [0.717, 1.165) is 0 Å². The Labute approximate surface area is 115 Å². The van der Waals surface area contributed by atoms with Gasteiger partial charge in [0, 0.05) is 11.6 Å². The molecule has 0 aromatic heterocycles. The lowest BCUT2D eigenvalue weighted by atomic mass is 10.2. The number of nitro groups is 1. The Morgan fingerprint density at radius 2 is 1.90 bits per heavy atom. The summed E-state index contributed by atoms with van der Waals surface area (Å²) >= 11 is 0. The van der Waals surface area contributed by atoms with Crippen molar-refractivity contribution in [2.45, 2.75) is 0 Å². The molecule has 0 saturated carbocycles. The van der Waals surface area contributed by atoms with Gasteiger partial charge in [-0.1, -0.05) is 18.2 Å². The van der Waals surface area contributed by atoms with Crippen LogP contribution >= 0.6 is 0 Å². The van der Waals surface area contributed by atoms with Crippen molar-refractivity contribution in [1.29, 1.82) is 0 Å². The van der Waals surface area contributed by atoms with Gasteiger partial charge in [0.1, 0.15) is 5.75 Å². The molecule has 6 heteroatoms. The van der Waals surface area contributed by atoms with Crippen LogP contribution in [0.5, 0.6) is 5.75 Å². The highest BCUT2D eigenvalue weighted by Gasteiger charge is 2.13. The second kappa shape index (κ2) is 5.83. The first-order valence-corrected chi connectivity index (χ1v) is 5.80. The van der Waals surface area contributed by atoms with Crippen molar-refractivity contribution in [2.75, 3.05) is 12.4 Å². The summed E-state index contributed by atoms with van der Waals surface area (Å²) in [5.41, 5.74) is 0.777. The lowest BCUT2D eigenvalue weighted by Crippen LogP contribution is -2.12. The number of methoxy groups -OCH3 is 1. The number of nitro benzene ring substituents is 1. The maximum absolute atomic E-state index is 12.0. The van der Waals surface area contributed by atoms with Gasteiger partial charge in [-0.3, -0.25) is 14.9 Å². The van der Waals surface area contributed by atoms with Crippen LogP contribution < -0.4 is 10.1 Å². The molecule has 2 aromatic carbocycles. The Bertz CT molecular complexity index is 641. The van der Waals surface area contributed by atoms with Crippen molar-refractivity contribution in [2.24, 2.45) is 0 Å². The van der Waals surface area contributed by atoms with Crippen molar-refractivity contribution in [1.82, 2.24) is 0 Å². The van der Waals surface area contributed by atoms with Crippen LogP contribution in [-0.4, -0.2) is 17.9 Å². The fraction of sp³-hybridized carbons (Fsp3) is 0.0714. The van der Waals surface area contributed by atoms with Gasteiger partial charge in [-0.2, -0.15) is 0 Å². The first-order valence-electron chi connectivity index (χ1n) is 5.80. The number of nitrogens with one attached hydrogen (secondary N) is 1. The normalized spacial score (nSPS) is 9.85. The first-order chi connectivity index (χ1) is 9.61. The lowest BCUT2D eigenvalue weighted by Gasteiger charge is -2.09. The van der Waals surface area contributed by atoms with E-state index < -0.39 is 4.92 Å². The number of rotatable bonds is 4. The summed E-state index contributed by atoms with van der Waals surface area (Å²) in [6.07, 6.45) is 0. The van der Waals surface area contributed by atoms with Gasteiger partial charge in [0.25, 0.3) is 11.6 Å². The molecule has 0 radical (unpaired) electrons. The molecule has 20 heavy (non-hydrogen) atoms. The smallest absolute Gasteiger partial charge is 0.273 e. The van der Waals surface area contributed by atoms with Gasteiger partial charge in [0.15, 0.2) is 0 Å². The third kappa shape index (κ3) is 2.92. The van der Waals surface area contributed by atoms with Crippen molar-refractivity contribution < 1.29 is 14.5 Å². The highest BCUT2D eigenvalue weighted by Crippen LogP contribution is 2.29. The maximum atomic E-state index is 12.0. The zero-order chi connectivity index (χ0) is 14.5.